The van der Waals surface area contributed by atoms with Crippen LogP contribution in [0.2, 0.25) is 0 Å². The van der Waals surface area contributed by atoms with Crippen molar-refractivity contribution in [1.29, 1.82) is 0 Å². The lowest BCUT2D eigenvalue weighted by Gasteiger charge is -2.23. The SMILES string of the molecule is CCCCSC(C)C(=O)NCCC1CCCNC1. The number of piperidine rings is 1. The molecule has 106 valence electrons. The van der Waals surface area contributed by atoms with Gasteiger partial charge in [-0.1, -0.05) is 13.3 Å². The molecule has 0 radical (unpaired) electrons. The Balaban J connectivity index is 2.04. The second-order valence-corrected chi connectivity index (χ2v) is 6.61. The molecular weight excluding hydrogens is 244 g/mol. The summed E-state index contributed by atoms with van der Waals surface area (Å²) >= 11 is 1.77. The first-order chi connectivity index (χ1) is 8.74. The largest absolute Gasteiger partial charge is 0.355 e. The van der Waals surface area contributed by atoms with Gasteiger partial charge < -0.3 is 10.6 Å². The van der Waals surface area contributed by atoms with Gasteiger partial charge in [-0.3, -0.25) is 4.79 Å². The molecule has 18 heavy (non-hydrogen) atoms. The van der Waals surface area contributed by atoms with Crippen molar-refractivity contribution >= 4 is 17.7 Å². The summed E-state index contributed by atoms with van der Waals surface area (Å²) < 4.78 is 0. The van der Waals surface area contributed by atoms with Gasteiger partial charge in [-0.05, 0) is 57.4 Å². The average Bonchev–Trinajstić information content (AvgIpc) is 2.40. The number of carbonyl (C=O) groups is 1. The molecular formula is C14H28N2OS. The highest BCUT2D eigenvalue weighted by Gasteiger charge is 2.15. The monoisotopic (exact) mass is 272 g/mol. The zero-order valence-electron chi connectivity index (χ0n) is 11.8. The van der Waals surface area contributed by atoms with Crippen LogP contribution in [-0.2, 0) is 4.79 Å². The molecule has 3 nitrogen and oxygen atoms in total. The van der Waals surface area contributed by atoms with Crippen molar-refractivity contribution in [3.63, 3.8) is 0 Å². The Kier molecular flexibility index (Phi) is 8.51. The van der Waals surface area contributed by atoms with Gasteiger partial charge in [-0.25, -0.2) is 0 Å². The summed E-state index contributed by atoms with van der Waals surface area (Å²) in [5.74, 6) is 2.06. The summed E-state index contributed by atoms with van der Waals surface area (Å²) in [4.78, 5) is 11.8. The molecule has 0 spiro atoms. The summed E-state index contributed by atoms with van der Waals surface area (Å²) in [6.45, 7) is 7.32. The Labute approximate surface area is 116 Å². The zero-order chi connectivity index (χ0) is 13.2. The van der Waals surface area contributed by atoms with Crippen molar-refractivity contribution in [3.05, 3.63) is 0 Å². The topological polar surface area (TPSA) is 41.1 Å². The van der Waals surface area contributed by atoms with E-state index in [4.69, 9.17) is 0 Å². The minimum Gasteiger partial charge on any atom is -0.355 e. The van der Waals surface area contributed by atoms with E-state index >= 15 is 0 Å². The number of amides is 1. The smallest absolute Gasteiger partial charge is 0.232 e. The number of thioether (sulfide) groups is 1. The zero-order valence-corrected chi connectivity index (χ0v) is 12.7. The van der Waals surface area contributed by atoms with Crippen molar-refractivity contribution in [3.8, 4) is 0 Å². The summed E-state index contributed by atoms with van der Waals surface area (Å²) in [7, 11) is 0. The van der Waals surface area contributed by atoms with Crippen LogP contribution < -0.4 is 10.6 Å². The van der Waals surface area contributed by atoms with E-state index in [9.17, 15) is 4.79 Å². The molecule has 4 heteroatoms. The fourth-order valence-electron chi connectivity index (χ4n) is 2.19. The maximum Gasteiger partial charge on any atom is 0.232 e. The molecule has 2 unspecified atom stereocenters. The van der Waals surface area contributed by atoms with Crippen LogP contribution in [0, 0.1) is 5.92 Å². The lowest BCUT2D eigenvalue weighted by atomic mass is 9.96. The number of rotatable bonds is 8. The predicted octanol–water partition coefficient (Wildman–Crippen LogP) is 2.41. The van der Waals surface area contributed by atoms with Gasteiger partial charge in [0.1, 0.15) is 0 Å². The number of unbranched alkanes of at least 4 members (excludes halogenated alkanes) is 1. The highest BCUT2D eigenvalue weighted by atomic mass is 32.2. The lowest BCUT2D eigenvalue weighted by molar-refractivity contribution is -0.120. The summed E-state index contributed by atoms with van der Waals surface area (Å²) in [6.07, 6.45) is 6.11. The van der Waals surface area contributed by atoms with Crippen LogP contribution in [0.15, 0.2) is 0 Å². The van der Waals surface area contributed by atoms with Crippen molar-refractivity contribution < 1.29 is 4.79 Å². The van der Waals surface area contributed by atoms with Crippen LogP contribution >= 0.6 is 11.8 Å². The molecule has 0 aromatic heterocycles. The molecule has 0 saturated carbocycles. The number of nitrogens with one attached hydrogen (secondary N) is 2. The molecule has 2 atom stereocenters. The summed E-state index contributed by atoms with van der Waals surface area (Å²) in [5.41, 5.74) is 0. The normalized spacial score (nSPS) is 21.6. The van der Waals surface area contributed by atoms with E-state index in [0.717, 1.165) is 37.7 Å². The fraction of sp³-hybridized carbons (Fsp3) is 0.929. The first-order valence-electron chi connectivity index (χ1n) is 7.34. The highest BCUT2D eigenvalue weighted by molar-refractivity contribution is 8.00. The van der Waals surface area contributed by atoms with E-state index in [2.05, 4.69) is 17.6 Å². The minimum atomic E-state index is 0.0982. The highest BCUT2D eigenvalue weighted by Crippen LogP contribution is 2.14. The minimum absolute atomic E-state index is 0.0982. The molecule has 0 aromatic rings. The third-order valence-electron chi connectivity index (χ3n) is 3.49. The molecule has 1 rings (SSSR count). The standard InChI is InChI=1S/C14H28N2OS/c1-3-4-10-18-12(2)14(17)16-9-7-13-6-5-8-15-11-13/h12-13,15H,3-11H2,1-2H3,(H,16,17). The maximum absolute atomic E-state index is 11.8. The Morgan fingerprint density at radius 2 is 2.39 bits per heavy atom. The fourth-order valence-corrected chi connectivity index (χ4v) is 3.24. The van der Waals surface area contributed by atoms with Gasteiger partial charge in [0, 0.05) is 6.54 Å². The van der Waals surface area contributed by atoms with Crippen LogP contribution in [-0.4, -0.2) is 36.5 Å². The van der Waals surface area contributed by atoms with E-state index in [1.807, 2.05) is 6.92 Å². The van der Waals surface area contributed by atoms with Crippen LogP contribution in [0.5, 0.6) is 0 Å². The van der Waals surface area contributed by atoms with Gasteiger partial charge in [0.25, 0.3) is 0 Å². The molecule has 0 aromatic carbocycles. The van der Waals surface area contributed by atoms with E-state index < -0.39 is 0 Å². The van der Waals surface area contributed by atoms with Crippen molar-refractivity contribution in [2.24, 2.45) is 5.92 Å². The molecule has 1 saturated heterocycles. The number of carbonyl (C=O) groups excluding carboxylic acids is 1. The number of hydrogen-bond donors (Lipinski definition) is 2. The third kappa shape index (κ3) is 6.64. The van der Waals surface area contributed by atoms with Gasteiger partial charge in [-0.15, -0.1) is 11.8 Å². The molecule has 0 bridgehead atoms. The van der Waals surface area contributed by atoms with Crippen LogP contribution in [0.25, 0.3) is 0 Å². The lowest BCUT2D eigenvalue weighted by Crippen LogP contribution is -2.35. The Bertz CT molecular complexity index is 230. The maximum atomic E-state index is 11.8. The van der Waals surface area contributed by atoms with Crippen LogP contribution in [0.4, 0.5) is 0 Å². The molecule has 1 heterocycles. The quantitative estimate of drug-likeness (QED) is 0.667. The Hall–Kier alpha value is -0.220. The van der Waals surface area contributed by atoms with Crippen LogP contribution in [0.3, 0.4) is 0 Å². The molecule has 1 aliphatic rings. The second-order valence-electron chi connectivity index (χ2n) is 5.16. The molecule has 1 amide bonds. The van der Waals surface area contributed by atoms with Crippen molar-refractivity contribution in [2.45, 2.75) is 51.2 Å². The first kappa shape index (κ1) is 15.8. The van der Waals surface area contributed by atoms with Crippen molar-refractivity contribution in [1.82, 2.24) is 10.6 Å². The molecule has 1 fully saturated rings. The van der Waals surface area contributed by atoms with Gasteiger partial charge in [0.15, 0.2) is 0 Å². The van der Waals surface area contributed by atoms with Crippen LogP contribution in [0.1, 0.15) is 46.0 Å². The molecule has 1 aliphatic heterocycles. The van der Waals surface area contributed by atoms with Gasteiger partial charge >= 0.3 is 0 Å². The average molecular weight is 272 g/mol. The van der Waals surface area contributed by atoms with E-state index in [1.54, 1.807) is 11.8 Å². The van der Waals surface area contributed by atoms with E-state index in [-0.39, 0.29) is 11.2 Å². The van der Waals surface area contributed by atoms with Gasteiger partial charge in [0.05, 0.1) is 5.25 Å². The third-order valence-corrected chi connectivity index (χ3v) is 4.72. The Morgan fingerprint density at radius 1 is 1.56 bits per heavy atom. The first-order valence-corrected chi connectivity index (χ1v) is 8.39. The number of hydrogen-bond acceptors (Lipinski definition) is 3. The van der Waals surface area contributed by atoms with Gasteiger partial charge in [0.2, 0.25) is 5.91 Å². The van der Waals surface area contributed by atoms with Crippen molar-refractivity contribution in [2.75, 3.05) is 25.4 Å². The summed E-state index contributed by atoms with van der Waals surface area (Å²) in [6, 6.07) is 0. The second kappa shape index (κ2) is 9.68. The molecule has 0 aliphatic carbocycles. The van der Waals surface area contributed by atoms with E-state index in [1.165, 1.54) is 25.7 Å². The van der Waals surface area contributed by atoms with E-state index in [0.29, 0.717) is 0 Å². The predicted molar refractivity (Wildman–Crippen MR) is 80.0 cm³/mol. The Morgan fingerprint density at radius 3 is 3.06 bits per heavy atom. The van der Waals surface area contributed by atoms with Gasteiger partial charge in [-0.2, -0.15) is 0 Å². The molecule has 2 N–H and O–H groups in total. The summed E-state index contributed by atoms with van der Waals surface area (Å²) in [5, 5.41) is 6.58.